The second-order valence-corrected chi connectivity index (χ2v) is 10.7. The van der Waals surface area contributed by atoms with Gasteiger partial charge in [-0.1, -0.05) is 31.5 Å². The topological polar surface area (TPSA) is 102 Å². The minimum Gasteiger partial charge on any atom is -0.384 e. The van der Waals surface area contributed by atoms with Crippen molar-refractivity contribution in [2.75, 3.05) is 31.1 Å². The second-order valence-electron chi connectivity index (χ2n) is 10.3. The fraction of sp³-hybridized carbons (Fsp3) is 0.407. The lowest BCUT2D eigenvalue weighted by atomic mass is 9.70. The van der Waals surface area contributed by atoms with Crippen molar-refractivity contribution >= 4 is 23.3 Å². The van der Waals surface area contributed by atoms with Crippen LogP contribution in [0, 0.1) is 29.4 Å². The number of anilines is 1. The third-order valence-corrected chi connectivity index (χ3v) is 8.16. The number of nitrogens with one attached hydrogen (secondary N) is 1. The Hall–Kier alpha value is -3.37. The van der Waals surface area contributed by atoms with Crippen LogP contribution in [0.25, 0.3) is 0 Å². The van der Waals surface area contributed by atoms with Gasteiger partial charge in [0.15, 0.2) is 11.6 Å². The SMILES string of the molecule is CC1CN(C(=O)C2CN(c3ccc(=O)[nH]n3)CC2c2ccc(Cl)cn2)CC(C)C1(O)c1ccc(F)c(F)c1. The maximum absolute atomic E-state index is 14.0. The van der Waals surface area contributed by atoms with Gasteiger partial charge < -0.3 is 14.9 Å². The van der Waals surface area contributed by atoms with Crippen LogP contribution in [0.15, 0.2) is 53.5 Å². The number of nitrogens with zero attached hydrogens (tertiary/aromatic N) is 4. The summed E-state index contributed by atoms with van der Waals surface area (Å²) in [4.78, 5) is 33.7. The molecule has 200 valence electrons. The van der Waals surface area contributed by atoms with Crippen molar-refractivity contribution in [1.82, 2.24) is 20.1 Å². The van der Waals surface area contributed by atoms with E-state index < -0.39 is 35.0 Å². The summed E-state index contributed by atoms with van der Waals surface area (Å²) in [7, 11) is 0. The summed E-state index contributed by atoms with van der Waals surface area (Å²) < 4.78 is 27.6. The van der Waals surface area contributed by atoms with Gasteiger partial charge in [-0.3, -0.25) is 14.6 Å². The summed E-state index contributed by atoms with van der Waals surface area (Å²) in [5, 5.41) is 18.7. The van der Waals surface area contributed by atoms with Crippen LogP contribution in [0.4, 0.5) is 14.6 Å². The van der Waals surface area contributed by atoms with Gasteiger partial charge in [0.1, 0.15) is 5.82 Å². The molecule has 2 aromatic heterocycles. The van der Waals surface area contributed by atoms with Crippen molar-refractivity contribution in [2.45, 2.75) is 25.4 Å². The highest BCUT2D eigenvalue weighted by molar-refractivity contribution is 6.30. The number of carbonyl (C=O) groups excluding carboxylic acids is 1. The molecule has 0 saturated carbocycles. The Kier molecular flexibility index (Phi) is 6.96. The Morgan fingerprint density at radius 1 is 1.05 bits per heavy atom. The van der Waals surface area contributed by atoms with E-state index in [2.05, 4.69) is 15.2 Å². The molecule has 1 aromatic carbocycles. The predicted molar refractivity (Wildman–Crippen MR) is 138 cm³/mol. The monoisotopic (exact) mass is 543 g/mol. The highest BCUT2D eigenvalue weighted by Crippen LogP contribution is 2.43. The molecule has 4 heterocycles. The number of likely N-dealkylation sites (tertiary alicyclic amines) is 1. The van der Waals surface area contributed by atoms with E-state index in [9.17, 15) is 23.5 Å². The quantitative estimate of drug-likeness (QED) is 0.523. The fourth-order valence-corrected chi connectivity index (χ4v) is 6.00. The van der Waals surface area contributed by atoms with Gasteiger partial charge in [-0.2, -0.15) is 5.10 Å². The molecule has 0 aliphatic carbocycles. The number of halogens is 3. The first-order valence-electron chi connectivity index (χ1n) is 12.5. The highest BCUT2D eigenvalue weighted by atomic mass is 35.5. The Balaban J connectivity index is 1.41. The number of amides is 1. The minimum absolute atomic E-state index is 0.0929. The minimum atomic E-state index is -1.43. The van der Waals surface area contributed by atoms with E-state index >= 15 is 0 Å². The molecule has 0 radical (unpaired) electrons. The molecular formula is C27H28ClF2N5O3. The molecule has 11 heteroatoms. The predicted octanol–water partition coefficient (Wildman–Crippen LogP) is 3.32. The first-order valence-corrected chi connectivity index (χ1v) is 12.8. The molecule has 2 N–H and O–H groups in total. The van der Waals surface area contributed by atoms with E-state index in [0.29, 0.717) is 29.5 Å². The molecule has 2 fully saturated rings. The molecule has 2 aliphatic rings. The fourth-order valence-electron chi connectivity index (χ4n) is 5.89. The first-order chi connectivity index (χ1) is 18.1. The van der Waals surface area contributed by atoms with Gasteiger partial charge >= 0.3 is 0 Å². The van der Waals surface area contributed by atoms with Gasteiger partial charge in [-0.05, 0) is 35.9 Å². The standard InChI is InChI=1S/C27H28ClF2N5O3/c1-15-11-35(12-16(2)27(15,38)17-3-5-21(29)22(30)9-17)26(37)20-14-34(24-7-8-25(36)33-32-24)13-19(20)23-6-4-18(28)10-31-23/h3-10,15-16,19-20,38H,11-14H2,1-2H3,(H,33,36). The molecule has 0 bridgehead atoms. The normalized spacial score (nSPS) is 27.5. The van der Waals surface area contributed by atoms with E-state index in [4.69, 9.17) is 11.6 Å². The zero-order chi connectivity index (χ0) is 27.2. The van der Waals surface area contributed by atoms with Crippen molar-refractivity contribution < 1.29 is 18.7 Å². The van der Waals surface area contributed by atoms with E-state index in [-0.39, 0.29) is 30.5 Å². The molecule has 4 atom stereocenters. The average Bonchev–Trinajstić information content (AvgIpc) is 3.34. The van der Waals surface area contributed by atoms with E-state index in [0.717, 1.165) is 17.8 Å². The number of rotatable bonds is 4. The van der Waals surface area contributed by atoms with Gasteiger partial charge in [-0.15, -0.1) is 0 Å². The maximum Gasteiger partial charge on any atom is 0.264 e. The van der Waals surface area contributed by atoms with Crippen molar-refractivity contribution in [3.8, 4) is 0 Å². The van der Waals surface area contributed by atoms with Crippen LogP contribution in [0.3, 0.4) is 0 Å². The van der Waals surface area contributed by atoms with Crippen molar-refractivity contribution in [1.29, 1.82) is 0 Å². The van der Waals surface area contributed by atoms with Crippen molar-refractivity contribution in [3.05, 3.63) is 86.9 Å². The number of pyridine rings is 1. The second kappa shape index (κ2) is 10.1. The van der Waals surface area contributed by atoms with Crippen molar-refractivity contribution in [2.24, 2.45) is 17.8 Å². The van der Waals surface area contributed by atoms with E-state index in [1.165, 1.54) is 12.1 Å². The molecule has 2 saturated heterocycles. The average molecular weight is 544 g/mol. The van der Waals surface area contributed by atoms with Crippen LogP contribution < -0.4 is 10.5 Å². The molecule has 1 amide bonds. The zero-order valence-electron chi connectivity index (χ0n) is 20.9. The number of hydrogen-bond donors (Lipinski definition) is 2. The molecule has 5 rings (SSSR count). The molecule has 4 unspecified atom stereocenters. The number of hydrogen-bond acceptors (Lipinski definition) is 6. The van der Waals surface area contributed by atoms with Gasteiger partial charge in [0.2, 0.25) is 5.91 Å². The van der Waals surface area contributed by atoms with Crippen molar-refractivity contribution in [3.63, 3.8) is 0 Å². The summed E-state index contributed by atoms with van der Waals surface area (Å²) in [5.41, 5.74) is -0.732. The summed E-state index contributed by atoms with van der Waals surface area (Å²) in [6, 6.07) is 10.00. The largest absolute Gasteiger partial charge is 0.384 e. The number of aliphatic hydroxyl groups is 1. The van der Waals surface area contributed by atoms with Crippen LogP contribution in [0.5, 0.6) is 0 Å². The zero-order valence-corrected chi connectivity index (χ0v) is 21.7. The summed E-state index contributed by atoms with van der Waals surface area (Å²) in [6.07, 6.45) is 1.55. The highest BCUT2D eigenvalue weighted by Gasteiger charge is 2.49. The van der Waals surface area contributed by atoms with E-state index in [1.54, 1.807) is 43.1 Å². The van der Waals surface area contributed by atoms with Gasteiger partial charge in [0.25, 0.3) is 5.56 Å². The molecule has 38 heavy (non-hydrogen) atoms. The van der Waals surface area contributed by atoms with Crippen LogP contribution in [0.2, 0.25) is 5.02 Å². The lowest BCUT2D eigenvalue weighted by molar-refractivity contribution is -0.152. The van der Waals surface area contributed by atoms with Gasteiger partial charge in [0, 0.05) is 61.9 Å². The third kappa shape index (κ3) is 4.67. The van der Waals surface area contributed by atoms with Gasteiger partial charge in [0.05, 0.1) is 16.5 Å². The Labute approximate surface area is 223 Å². The first kappa shape index (κ1) is 26.2. The lowest BCUT2D eigenvalue weighted by Crippen LogP contribution is -2.57. The molecule has 2 aliphatic heterocycles. The summed E-state index contributed by atoms with van der Waals surface area (Å²) in [6.45, 7) is 4.92. The number of piperidine rings is 1. The summed E-state index contributed by atoms with van der Waals surface area (Å²) in [5.74, 6) is -3.14. The van der Waals surface area contributed by atoms with Crippen LogP contribution in [-0.4, -0.2) is 57.3 Å². The number of H-pyrrole nitrogens is 1. The summed E-state index contributed by atoms with van der Waals surface area (Å²) >= 11 is 6.05. The molecular weight excluding hydrogens is 516 g/mol. The Morgan fingerprint density at radius 3 is 2.39 bits per heavy atom. The molecule has 0 spiro atoms. The third-order valence-electron chi connectivity index (χ3n) is 7.94. The number of aromatic amines is 1. The van der Waals surface area contributed by atoms with Crippen LogP contribution >= 0.6 is 11.6 Å². The lowest BCUT2D eigenvalue weighted by Gasteiger charge is -2.48. The number of carbonyl (C=O) groups is 1. The number of aromatic nitrogens is 3. The Morgan fingerprint density at radius 2 is 1.79 bits per heavy atom. The van der Waals surface area contributed by atoms with Crippen LogP contribution in [-0.2, 0) is 10.4 Å². The number of benzene rings is 1. The smallest absolute Gasteiger partial charge is 0.264 e. The molecule has 3 aromatic rings. The molecule has 8 nitrogen and oxygen atoms in total. The Bertz CT molecular complexity index is 1370. The van der Waals surface area contributed by atoms with E-state index in [1.807, 2.05) is 4.90 Å². The van der Waals surface area contributed by atoms with Gasteiger partial charge in [-0.25, -0.2) is 13.9 Å². The maximum atomic E-state index is 14.0. The van der Waals surface area contributed by atoms with Crippen LogP contribution in [0.1, 0.15) is 31.0 Å².